The summed E-state index contributed by atoms with van der Waals surface area (Å²) < 4.78 is 51.1. The lowest BCUT2D eigenvalue weighted by Crippen LogP contribution is -2.20. The van der Waals surface area contributed by atoms with Crippen molar-refractivity contribution in [2.24, 2.45) is 0 Å². The Labute approximate surface area is 133 Å². The van der Waals surface area contributed by atoms with E-state index in [1.807, 2.05) is 6.07 Å². The Morgan fingerprint density at radius 1 is 1.04 bits per heavy atom. The van der Waals surface area contributed by atoms with Crippen molar-refractivity contribution < 1.29 is 22.4 Å². The van der Waals surface area contributed by atoms with E-state index < -0.39 is 23.6 Å². The third kappa shape index (κ3) is 4.36. The Hall–Kier alpha value is -3.28. The fraction of sp³-hybridized carbons (Fsp3) is 0.0667. The van der Waals surface area contributed by atoms with Crippen LogP contribution >= 0.6 is 0 Å². The Morgan fingerprint density at radius 2 is 1.67 bits per heavy atom. The molecule has 0 heterocycles. The van der Waals surface area contributed by atoms with Crippen LogP contribution in [0, 0.1) is 17.1 Å². The maximum absolute atomic E-state index is 13.3. The third-order valence-corrected chi connectivity index (χ3v) is 2.83. The lowest BCUT2D eigenvalue weighted by molar-refractivity contribution is -0.137. The minimum atomic E-state index is -4.75. The molecule has 2 aromatic carbocycles. The Morgan fingerprint density at radius 3 is 2.25 bits per heavy atom. The van der Waals surface area contributed by atoms with E-state index >= 15 is 0 Å². The molecule has 0 aliphatic rings. The normalized spacial score (nSPS) is 10.8. The molecule has 0 unspecified atom stereocenters. The number of benzene rings is 2. The van der Waals surface area contributed by atoms with Gasteiger partial charge in [0.2, 0.25) is 0 Å². The Balaban J connectivity index is 2.17. The molecule has 0 radical (unpaired) electrons. The third-order valence-electron chi connectivity index (χ3n) is 2.83. The van der Waals surface area contributed by atoms with Gasteiger partial charge in [0.25, 0.3) is 0 Å². The summed E-state index contributed by atoms with van der Waals surface area (Å²) in [6, 6.07) is 6.64. The number of nitrogens with zero attached hydrogens (tertiary/aromatic N) is 1. The van der Waals surface area contributed by atoms with Gasteiger partial charge in [-0.15, -0.1) is 0 Å². The molecule has 0 saturated carbocycles. The number of urea groups is 1. The van der Waals surface area contributed by atoms with Gasteiger partial charge in [-0.25, -0.2) is 9.18 Å². The molecule has 0 atom stereocenters. The van der Waals surface area contributed by atoms with Crippen molar-refractivity contribution in [1.29, 1.82) is 5.26 Å². The predicted octanol–water partition coefficient (Wildman–Crippen LogP) is 3.94. The Kier molecular flexibility index (Phi) is 4.59. The van der Waals surface area contributed by atoms with Gasteiger partial charge in [0.15, 0.2) is 0 Å². The highest BCUT2D eigenvalue weighted by Gasteiger charge is 2.31. The van der Waals surface area contributed by atoms with Gasteiger partial charge in [-0.3, -0.25) is 0 Å². The summed E-state index contributed by atoms with van der Waals surface area (Å²) in [5, 5.41) is 13.2. The Bertz CT molecular complexity index is 827. The molecule has 0 aliphatic carbocycles. The molecule has 0 aromatic heterocycles. The van der Waals surface area contributed by atoms with Gasteiger partial charge < -0.3 is 16.4 Å². The molecule has 4 N–H and O–H groups in total. The van der Waals surface area contributed by atoms with Crippen LogP contribution < -0.4 is 16.4 Å². The number of nitrogens with two attached hydrogens (primary N) is 1. The largest absolute Gasteiger partial charge is 0.416 e. The number of anilines is 3. The molecule has 5 nitrogen and oxygen atoms in total. The van der Waals surface area contributed by atoms with Crippen molar-refractivity contribution >= 4 is 23.1 Å². The SMILES string of the molecule is N#Cc1cc(N)cc(NC(=O)Nc2cc(F)cc(C(F)(F)F)c2)c1. The van der Waals surface area contributed by atoms with Crippen LogP contribution in [0.25, 0.3) is 0 Å². The summed E-state index contributed by atoms with van der Waals surface area (Å²) in [5.74, 6) is -1.14. The highest BCUT2D eigenvalue weighted by atomic mass is 19.4. The predicted molar refractivity (Wildman–Crippen MR) is 79.6 cm³/mol. The molecule has 0 saturated heterocycles. The number of nitrogens with one attached hydrogen (secondary N) is 2. The second-order valence-corrected chi connectivity index (χ2v) is 4.76. The topological polar surface area (TPSA) is 90.9 Å². The lowest BCUT2D eigenvalue weighted by Gasteiger charge is -2.11. The van der Waals surface area contributed by atoms with Gasteiger partial charge >= 0.3 is 12.2 Å². The zero-order valence-corrected chi connectivity index (χ0v) is 11.9. The molecule has 2 amide bonds. The van der Waals surface area contributed by atoms with E-state index in [4.69, 9.17) is 11.0 Å². The first-order chi connectivity index (χ1) is 11.2. The van der Waals surface area contributed by atoms with Crippen LogP contribution in [-0.4, -0.2) is 6.03 Å². The fourth-order valence-corrected chi connectivity index (χ4v) is 1.91. The van der Waals surface area contributed by atoms with E-state index in [-0.39, 0.29) is 22.6 Å². The molecule has 2 rings (SSSR count). The first kappa shape index (κ1) is 17.1. The minimum Gasteiger partial charge on any atom is -0.399 e. The van der Waals surface area contributed by atoms with Crippen molar-refractivity contribution in [3.63, 3.8) is 0 Å². The number of amides is 2. The van der Waals surface area contributed by atoms with Crippen LogP contribution in [0.3, 0.4) is 0 Å². The molecular weight excluding hydrogens is 328 g/mol. The van der Waals surface area contributed by atoms with E-state index in [2.05, 4.69) is 10.6 Å². The fourth-order valence-electron chi connectivity index (χ4n) is 1.91. The maximum Gasteiger partial charge on any atom is 0.416 e. The van der Waals surface area contributed by atoms with Crippen LogP contribution in [-0.2, 0) is 6.18 Å². The van der Waals surface area contributed by atoms with E-state index in [9.17, 15) is 22.4 Å². The average Bonchev–Trinajstić information content (AvgIpc) is 2.44. The molecular formula is C15H10F4N4O. The summed E-state index contributed by atoms with van der Waals surface area (Å²) in [5.41, 5.74) is 4.52. The minimum absolute atomic E-state index is 0.163. The zero-order valence-electron chi connectivity index (χ0n) is 11.9. The summed E-state index contributed by atoms with van der Waals surface area (Å²) in [6.07, 6.45) is -4.75. The van der Waals surface area contributed by atoms with Crippen molar-refractivity contribution in [3.8, 4) is 6.07 Å². The zero-order chi connectivity index (χ0) is 17.9. The number of alkyl halides is 3. The average molecular weight is 338 g/mol. The van der Waals surface area contributed by atoms with Gasteiger partial charge in [-0.05, 0) is 36.4 Å². The summed E-state index contributed by atoms with van der Waals surface area (Å²) in [4.78, 5) is 11.8. The standard InChI is InChI=1S/C15H10F4N4O/c16-10-3-9(15(17,18)19)4-13(5-10)23-14(24)22-12-2-8(7-20)1-11(21)6-12/h1-6H,21H2,(H2,22,23,24). The van der Waals surface area contributed by atoms with E-state index in [1.165, 1.54) is 18.2 Å². The van der Waals surface area contributed by atoms with Gasteiger partial charge in [-0.2, -0.15) is 18.4 Å². The van der Waals surface area contributed by atoms with E-state index in [0.29, 0.717) is 12.1 Å². The molecule has 0 aliphatic heterocycles. The van der Waals surface area contributed by atoms with Gasteiger partial charge in [0.1, 0.15) is 5.82 Å². The highest BCUT2D eigenvalue weighted by Crippen LogP contribution is 2.31. The molecule has 9 heteroatoms. The quantitative estimate of drug-likeness (QED) is 0.572. The maximum atomic E-state index is 13.3. The second kappa shape index (κ2) is 6.45. The molecule has 2 aromatic rings. The van der Waals surface area contributed by atoms with Gasteiger partial charge in [0.05, 0.1) is 17.2 Å². The molecule has 0 spiro atoms. The number of rotatable bonds is 2. The number of nitriles is 1. The van der Waals surface area contributed by atoms with Crippen molar-refractivity contribution in [2.45, 2.75) is 6.18 Å². The summed E-state index contributed by atoms with van der Waals surface area (Å²) in [6.45, 7) is 0. The van der Waals surface area contributed by atoms with Crippen molar-refractivity contribution in [1.82, 2.24) is 0 Å². The van der Waals surface area contributed by atoms with Crippen molar-refractivity contribution in [2.75, 3.05) is 16.4 Å². The molecule has 124 valence electrons. The number of hydrogen-bond acceptors (Lipinski definition) is 3. The van der Waals surface area contributed by atoms with Gasteiger partial charge in [0, 0.05) is 17.1 Å². The van der Waals surface area contributed by atoms with Crippen LogP contribution in [0.2, 0.25) is 0 Å². The van der Waals surface area contributed by atoms with Gasteiger partial charge in [-0.1, -0.05) is 0 Å². The number of halogens is 4. The summed E-state index contributed by atoms with van der Waals surface area (Å²) >= 11 is 0. The van der Waals surface area contributed by atoms with Crippen molar-refractivity contribution in [3.05, 3.63) is 53.3 Å². The summed E-state index contributed by atoms with van der Waals surface area (Å²) in [7, 11) is 0. The van der Waals surface area contributed by atoms with Crippen LogP contribution in [0.4, 0.5) is 39.4 Å². The molecule has 0 fully saturated rings. The molecule has 24 heavy (non-hydrogen) atoms. The number of nitrogen functional groups attached to an aromatic ring is 1. The van der Waals surface area contributed by atoms with Crippen LogP contribution in [0.1, 0.15) is 11.1 Å². The monoisotopic (exact) mass is 338 g/mol. The highest BCUT2D eigenvalue weighted by molar-refractivity contribution is 6.00. The molecule has 0 bridgehead atoms. The first-order valence-electron chi connectivity index (χ1n) is 6.44. The number of carbonyl (C=O) groups is 1. The lowest BCUT2D eigenvalue weighted by atomic mass is 10.2. The smallest absolute Gasteiger partial charge is 0.399 e. The first-order valence-corrected chi connectivity index (χ1v) is 6.44. The second-order valence-electron chi connectivity index (χ2n) is 4.76. The number of carbonyl (C=O) groups excluding carboxylic acids is 1. The number of hydrogen-bond donors (Lipinski definition) is 3. The van der Waals surface area contributed by atoms with E-state index in [1.54, 1.807) is 0 Å². The van der Waals surface area contributed by atoms with Crippen LogP contribution in [0.15, 0.2) is 36.4 Å². The van der Waals surface area contributed by atoms with E-state index in [0.717, 1.165) is 6.07 Å². The van der Waals surface area contributed by atoms with Crippen LogP contribution in [0.5, 0.6) is 0 Å².